The molecular formula is C26H30ClF2N3O5S. The maximum atomic E-state index is 14.4. The molecule has 0 saturated carbocycles. The van der Waals surface area contributed by atoms with Crippen molar-refractivity contribution in [2.45, 2.75) is 31.7 Å². The van der Waals surface area contributed by atoms with Crippen LogP contribution in [0.3, 0.4) is 0 Å². The fourth-order valence-corrected chi connectivity index (χ4v) is 6.20. The monoisotopic (exact) mass is 569 g/mol. The molecule has 2 aromatic rings. The number of rotatable bonds is 6. The van der Waals surface area contributed by atoms with Crippen molar-refractivity contribution in [1.29, 1.82) is 0 Å². The summed E-state index contributed by atoms with van der Waals surface area (Å²) in [6.45, 7) is 3.01. The summed E-state index contributed by atoms with van der Waals surface area (Å²) in [5.41, 5.74) is 0.590. The topological polar surface area (TPSA) is 87.2 Å². The molecule has 0 bridgehead atoms. The first kappa shape index (κ1) is 28.3. The maximum Gasteiger partial charge on any atom is 0.415 e. The molecule has 2 saturated heterocycles. The molecule has 0 aromatic heterocycles. The van der Waals surface area contributed by atoms with Gasteiger partial charge >= 0.3 is 6.09 Å². The van der Waals surface area contributed by atoms with Gasteiger partial charge in [0.1, 0.15) is 17.4 Å². The first-order valence-corrected chi connectivity index (χ1v) is 14.6. The van der Waals surface area contributed by atoms with Crippen LogP contribution in [-0.2, 0) is 14.8 Å². The van der Waals surface area contributed by atoms with E-state index in [0.29, 0.717) is 18.4 Å². The molecule has 0 aliphatic carbocycles. The van der Waals surface area contributed by atoms with E-state index in [1.807, 2.05) is 0 Å². The fraction of sp³-hybridized carbons (Fsp3) is 0.462. The van der Waals surface area contributed by atoms with Gasteiger partial charge in [0.2, 0.25) is 15.9 Å². The standard InChI is InChI=1S/C26H30ClF2N3O5S/c1-3-32(26(34)37-20-7-5-19(28)6-8-20)24-16-30(15-21(24)18-4-9-22(27)23(29)14-18)25(33)17-10-12-31(13-11-17)38(2,35)36/h4-9,14,17,21,24H,3,10-13,15-16H2,1-2H3/t21-,24+/m0/s1. The molecule has 0 N–H and O–H groups in total. The number of amides is 2. The number of likely N-dealkylation sites (N-methyl/N-ethyl adjacent to an activating group) is 1. The van der Waals surface area contributed by atoms with E-state index in [2.05, 4.69) is 0 Å². The number of hydrogen-bond donors (Lipinski definition) is 0. The number of piperidine rings is 1. The molecule has 0 unspecified atom stereocenters. The van der Waals surface area contributed by atoms with Crippen molar-refractivity contribution in [3.05, 3.63) is 64.7 Å². The average molecular weight is 570 g/mol. The molecule has 2 atom stereocenters. The Morgan fingerprint density at radius 1 is 1.08 bits per heavy atom. The van der Waals surface area contributed by atoms with E-state index in [9.17, 15) is 26.8 Å². The largest absolute Gasteiger partial charge is 0.415 e. The van der Waals surface area contributed by atoms with Gasteiger partial charge in [0.25, 0.3) is 0 Å². The van der Waals surface area contributed by atoms with Gasteiger partial charge in [-0.15, -0.1) is 0 Å². The second kappa shape index (κ2) is 11.5. The van der Waals surface area contributed by atoms with Crippen LogP contribution in [0.5, 0.6) is 5.75 Å². The number of hydrogen-bond acceptors (Lipinski definition) is 5. The Hall–Kier alpha value is -2.76. The van der Waals surface area contributed by atoms with E-state index in [1.54, 1.807) is 17.9 Å². The van der Waals surface area contributed by atoms with Crippen molar-refractivity contribution >= 4 is 33.6 Å². The quantitative estimate of drug-likeness (QED) is 0.523. The smallest absolute Gasteiger partial charge is 0.410 e. The van der Waals surface area contributed by atoms with Crippen LogP contribution in [0.4, 0.5) is 13.6 Å². The zero-order chi connectivity index (χ0) is 27.6. The zero-order valence-corrected chi connectivity index (χ0v) is 22.7. The lowest BCUT2D eigenvalue weighted by atomic mass is 9.93. The van der Waals surface area contributed by atoms with Gasteiger partial charge in [0.15, 0.2) is 0 Å². The molecule has 8 nitrogen and oxygen atoms in total. The van der Waals surface area contributed by atoms with Gasteiger partial charge in [0.05, 0.1) is 17.3 Å². The second-order valence-corrected chi connectivity index (χ2v) is 12.0. The third-order valence-corrected chi connectivity index (χ3v) is 8.85. The Kier molecular flexibility index (Phi) is 8.59. The van der Waals surface area contributed by atoms with Gasteiger partial charge in [-0.05, 0) is 61.7 Å². The van der Waals surface area contributed by atoms with Crippen LogP contribution in [-0.4, -0.2) is 79.5 Å². The van der Waals surface area contributed by atoms with E-state index in [-0.39, 0.29) is 55.3 Å². The number of nitrogens with zero attached hydrogens (tertiary/aromatic N) is 3. The Morgan fingerprint density at radius 2 is 1.74 bits per heavy atom. The number of halogens is 3. The number of carbonyl (C=O) groups is 2. The summed E-state index contributed by atoms with van der Waals surface area (Å²) in [5, 5.41) is -0.0306. The van der Waals surface area contributed by atoms with Gasteiger partial charge in [-0.3, -0.25) is 4.79 Å². The number of benzene rings is 2. The minimum absolute atomic E-state index is 0.0306. The summed E-state index contributed by atoms with van der Waals surface area (Å²) in [5.74, 6) is -1.78. The Balaban J connectivity index is 1.56. The third kappa shape index (κ3) is 6.27. The van der Waals surface area contributed by atoms with Crippen molar-refractivity contribution in [2.75, 3.05) is 39.0 Å². The van der Waals surface area contributed by atoms with E-state index in [1.165, 1.54) is 45.6 Å². The van der Waals surface area contributed by atoms with Crippen molar-refractivity contribution in [3.63, 3.8) is 0 Å². The van der Waals surface area contributed by atoms with Crippen LogP contribution < -0.4 is 4.74 Å². The van der Waals surface area contributed by atoms with Gasteiger partial charge < -0.3 is 14.5 Å². The van der Waals surface area contributed by atoms with E-state index < -0.39 is 39.7 Å². The number of ether oxygens (including phenoxy) is 1. The number of sulfonamides is 1. The van der Waals surface area contributed by atoms with Gasteiger partial charge in [0, 0.05) is 44.6 Å². The first-order chi connectivity index (χ1) is 18.0. The molecule has 2 fully saturated rings. The average Bonchev–Trinajstić information content (AvgIpc) is 3.31. The minimum Gasteiger partial charge on any atom is -0.410 e. The summed E-state index contributed by atoms with van der Waals surface area (Å²) in [6, 6.07) is 8.99. The zero-order valence-electron chi connectivity index (χ0n) is 21.1. The highest BCUT2D eigenvalue weighted by atomic mass is 35.5. The van der Waals surface area contributed by atoms with Crippen molar-refractivity contribution in [3.8, 4) is 5.75 Å². The molecule has 2 aromatic carbocycles. The van der Waals surface area contributed by atoms with Crippen LogP contribution >= 0.6 is 11.6 Å². The van der Waals surface area contributed by atoms with E-state index >= 15 is 0 Å². The van der Waals surface area contributed by atoms with Gasteiger partial charge in [-0.2, -0.15) is 0 Å². The Labute approximate surface area is 226 Å². The third-order valence-electron chi connectivity index (χ3n) is 7.24. The van der Waals surface area contributed by atoms with Crippen LogP contribution in [0, 0.1) is 17.6 Å². The summed E-state index contributed by atoms with van der Waals surface area (Å²) >= 11 is 5.89. The Bertz CT molecular complexity index is 1290. The first-order valence-electron chi connectivity index (χ1n) is 12.4. The molecule has 38 heavy (non-hydrogen) atoms. The van der Waals surface area contributed by atoms with Gasteiger partial charge in [-0.25, -0.2) is 26.3 Å². The summed E-state index contributed by atoms with van der Waals surface area (Å²) in [6.07, 6.45) is 1.29. The van der Waals surface area contributed by atoms with Gasteiger partial charge in [-0.1, -0.05) is 17.7 Å². The summed E-state index contributed by atoms with van der Waals surface area (Å²) < 4.78 is 58.2. The molecule has 2 heterocycles. The van der Waals surface area contributed by atoms with E-state index in [4.69, 9.17) is 16.3 Å². The minimum atomic E-state index is -3.32. The summed E-state index contributed by atoms with van der Waals surface area (Å²) in [7, 11) is -3.32. The Morgan fingerprint density at radius 3 is 2.32 bits per heavy atom. The van der Waals surface area contributed by atoms with Crippen LogP contribution in [0.15, 0.2) is 42.5 Å². The van der Waals surface area contributed by atoms with Crippen LogP contribution in [0.2, 0.25) is 5.02 Å². The van der Waals surface area contributed by atoms with Crippen LogP contribution in [0.1, 0.15) is 31.2 Å². The van der Waals surface area contributed by atoms with Crippen LogP contribution in [0.25, 0.3) is 0 Å². The SMILES string of the molecule is CCN(C(=O)Oc1ccc(F)cc1)[C@@H]1CN(C(=O)C2CCN(S(C)(=O)=O)CC2)C[C@H]1c1ccc(Cl)c(F)c1. The molecule has 2 aliphatic heterocycles. The lowest BCUT2D eigenvalue weighted by molar-refractivity contribution is -0.135. The molecular weight excluding hydrogens is 540 g/mol. The van der Waals surface area contributed by atoms with Crippen molar-refractivity contribution in [2.24, 2.45) is 5.92 Å². The van der Waals surface area contributed by atoms with Crippen molar-refractivity contribution in [1.82, 2.24) is 14.1 Å². The highest BCUT2D eigenvalue weighted by Crippen LogP contribution is 2.35. The molecule has 12 heteroatoms. The summed E-state index contributed by atoms with van der Waals surface area (Å²) in [4.78, 5) is 29.8. The lowest BCUT2D eigenvalue weighted by Crippen LogP contribution is -2.47. The fourth-order valence-electron chi connectivity index (χ4n) is 5.21. The second-order valence-electron chi connectivity index (χ2n) is 9.63. The molecule has 206 valence electrons. The predicted octanol–water partition coefficient (Wildman–Crippen LogP) is 4.11. The highest BCUT2D eigenvalue weighted by molar-refractivity contribution is 7.88. The maximum absolute atomic E-state index is 14.4. The number of likely N-dealkylation sites (tertiary alicyclic amines) is 1. The molecule has 0 radical (unpaired) electrons. The van der Waals surface area contributed by atoms with E-state index in [0.717, 1.165) is 6.26 Å². The molecule has 4 rings (SSSR count). The van der Waals surface area contributed by atoms with Crippen molar-refractivity contribution < 1.29 is 31.5 Å². The lowest BCUT2D eigenvalue weighted by Gasteiger charge is -2.32. The molecule has 0 spiro atoms. The highest BCUT2D eigenvalue weighted by Gasteiger charge is 2.43. The molecule has 2 aliphatic rings. The normalized spacial score (nSPS) is 20.9. The predicted molar refractivity (Wildman–Crippen MR) is 138 cm³/mol. The number of carbonyl (C=O) groups excluding carboxylic acids is 2. The molecule has 2 amide bonds.